The van der Waals surface area contributed by atoms with Crippen molar-refractivity contribution in [3.05, 3.63) is 60.2 Å². The van der Waals surface area contributed by atoms with Gasteiger partial charge in [-0.25, -0.2) is 9.97 Å². The Labute approximate surface area is 220 Å². The molecule has 0 amide bonds. The first kappa shape index (κ1) is 24.6. The summed E-state index contributed by atoms with van der Waals surface area (Å²) in [5, 5.41) is 2.52. The van der Waals surface area contributed by atoms with Crippen LogP contribution in [0.1, 0.15) is 76.1 Å². The van der Waals surface area contributed by atoms with Gasteiger partial charge in [-0.3, -0.25) is 0 Å². The second-order valence-corrected chi connectivity index (χ2v) is 11.6. The van der Waals surface area contributed by atoms with Crippen LogP contribution in [0.3, 0.4) is 0 Å². The summed E-state index contributed by atoms with van der Waals surface area (Å²) in [4.78, 5) is 9.66. The summed E-state index contributed by atoms with van der Waals surface area (Å²) in [7, 11) is 3.73. The van der Waals surface area contributed by atoms with Gasteiger partial charge < -0.3 is 18.6 Å². The Hall–Kier alpha value is -2.70. The maximum Gasteiger partial charge on any atom is 0.140 e. The SMILES string of the molecule is CCc1cn(C2CCC(C(C)(C)c3cn([C@H]4CCC[C@@H]4OC)c4ncccc34)C2OC)c2ncccc12. The van der Waals surface area contributed by atoms with Crippen LogP contribution in [-0.2, 0) is 21.3 Å². The monoisotopic (exact) mass is 500 g/mol. The van der Waals surface area contributed by atoms with Gasteiger partial charge in [0.15, 0.2) is 0 Å². The number of methoxy groups -OCH3 is 2. The van der Waals surface area contributed by atoms with Crippen molar-refractivity contribution in [1.82, 2.24) is 19.1 Å². The minimum Gasteiger partial charge on any atom is -0.379 e. The molecule has 0 aliphatic heterocycles. The van der Waals surface area contributed by atoms with Crippen LogP contribution in [0, 0.1) is 5.92 Å². The highest BCUT2D eigenvalue weighted by Crippen LogP contribution is 2.50. The molecule has 0 saturated heterocycles. The maximum absolute atomic E-state index is 6.35. The van der Waals surface area contributed by atoms with E-state index in [0.717, 1.165) is 43.4 Å². The van der Waals surface area contributed by atoms with Crippen LogP contribution >= 0.6 is 0 Å². The number of aromatic nitrogens is 4. The summed E-state index contributed by atoms with van der Waals surface area (Å²) in [6.07, 6.45) is 15.5. The predicted molar refractivity (Wildman–Crippen MR) is 148 cm³/mol. The van der Waals surface area contributed by atoms with Crippen LogP contribution in [0.15, 0.2) is 49.1 Å². The number of fused-ring (bicyclic) bond motifs is 2. The van der Waals surface area contributed by atoms with Crippen LogP contribution in [0.2, 0.25) is 0 Å². The van der Waals surface area contributed by atoms with E-state index in [0.29, 0.717) is 12.0 Å². The first-order valence-corrected chi connectivity index (χ1v) is 14.0. The molecule has 2 aliphatic rings. The quantitative estimate of drug-likeness (QED) is 0.286. The van der Waals surface area contributed by atoms with E-state index in [-0.39, 0.29) is 23.7 Å². The Morgan fingerprint density at radius 3 is 2.27 bits per heavy atom. The predicted octanol–water partition coefficient (Wildman–Crippen LogP) is 6.63. The van der Waals surface area contributed by atoms with Crippen molar-refractivity contribution in [2.24, 2.45) is 5.92 Å². The van der Waals surface area contributed by atoms with Gasteiger partial charge in [0.25, 0.3) is 0 Å². The van der Waals surface area contributed by atoms with Crippen molar-refractivity contribution >= 4 is 22.1 Å². The van der Waals surface area contributed by atoms with E-state index in [9.17, 15) is 0 Å². The molecule has 6 heteroatoms. The smallest absolute Gasteiger partial charge is 0.140 e. The molecule has 0 spiro atoms. The summed E-state index contributed by atoms with van der Waals surface area (Å²) in [6.45, 7) is 7.04. The molecule has 2 fully saturated rings. The molecule has 6 nitrogen and oxygen atoms in total. The summed E-state index contributed by atoms with van der Waals surface area (Å²) < 4.78 is 17.1. The van der Waals surface area contributed by atoms with Crippen LogP contribution in [0.5, 0.6) is 0 Å². The van der Waals surface area contributed by atoms with Gasteiger partial charge in [0.1, 0.15) is 11.3 Å². The van der Waals surface area contributed by atoms with Gasteiger partial charge in [0, 0.05) is 49.8 Å². The van der Waals surface area contributed by atoms with Crippen molar-refractivity contribution in [2.75, 3.05) is 14.2 Å². The maximum atomic E-state index is 6.35. The average Bonchev–Trinajstić information content (AvgIpc) is 3.70. The number of ether oxygens (including phenoxy) is 2. The van der Waals surface area contributed by atoms with Crippen molar-refractivity contribution in [2.45, 2.75) is 89.0 Å². The van der Waals surface area contributed by atoms with Crippen molar-refractivity contribution in [3.8, 4) is 0 Å². The van der Waals surface area contributed by atoms with E-state index in [1.54, 1.807) is 0 Å². The number of pyridine rings is 2. The normalized spacial score (nSPS) is 26.6. The van der Waals surface area contributed by atoms with E-state index in [1.165, 1.54) is 28.3 Å². The fraction of sp³-hybridized carbons (Fsp3) is 0.548. The Morgan fingerprint density at radius 2 is 1.57 bits per heavy atom. The molecule has 0 aromatic carbocycles. The standard InChI is InChI=1S/C31H40N4O2/c1-6-20-18-34(29-21(20)10-8-16-32-29)26-15-14-23(28(26)37-5)31(2,3)24-19-35(25-12-7-13-27(25)36-4)30-22(24)11-9-17-33-30/h8-11,16-19,23,25-28H,6-7,12-15H2,1-5H3/t23?,25-,26?,27-,28?/m0/s1. The highest BCUT2D eigenvalue weighted by Gasteiger charge is 2.47. The average molecular weight is 501 g/mol. The molecule has 37 heavy (non-hydrogen) atoms. The summed E-state index contributed by atoms with van der Waals surface area (Å²) in [5.41, 5.74) is 4.80. The van der Waals surface area contributed by atoms with E-state index >= 15 is 0 Å². The molecule has 0 N–H and O–H groups in total. The Balaban J connectivity index is 1.40. The largest absolute Gasteiger partial charge is 0.379 e. The minimum absolute atomic E-state index is 0.0902. The third-order valence-electron chi connectivity index (χ3n) is 9.52. The van der Waals surface area contributed by atoms with Gasteiger partial charge in [0.2, 0.25) is 0 Å². The Bertz CT molecular complexity index is 1400. The van der Waals surface area contributed by atoms with Crippen LogP contribution in [-0.4, -0.2) is 45.5 Å². The van der Waals surface area contributed by atoms with Crippen LogP contribution in [0.4, 0.5) is 0 Å². The molecule has 4 heterocycles. The number of aryl methyl sites for hydroxylation is 1. The lowest BCUT2D eigenvalue weighted by molar-refractivity contribution is 0.0196. The lowest BCUT2D eigenvalue weighted by atomic mass is 9.71. The molecule has 5 atom stereocenters. The third-order valence-corrected chi connectivity index (χ3v) is 9.52. The first-order chi connectivity index (χ1) is 18.0. The molecule has 2 saturated carbocycles. The minimum atomic E-state index is -0.0902. The fourth-order valence-corrected chi connectivity index (χ4v) is 7.57. The summed E-state index contributed by atoms with van der Waals surface area (Å²) >= 11 is 0. The molecule has 0 radical (unpaired) electrons. The summed E-state index contributed by atoms with van der Waals surface area (Å²) in [6, 6.07) is 9.18. The van der Waals surface area contributed by atoms with Crippen LogP contribution in [0.25, 0.3) is 22.1 Å². The van der Waals surface area contributed by atoms with Gasteiger partial charge in [0.05, 0.1) is 24.3 Å². The number of hydrogen-bond acceptors (Lipinski definition) is 4. The van der Waals surface area contributed by atoms with Crippen molar-refractivity contribution in [3.63, 3.8) is 0 Å². The van der Waals surface area contributed by atoms with E-state index in [2.05, 4.69) is 60.5 Å². The molecular formula is C31H40N4O2. The highest BCUT2D eigenvalue weighted by molar-refractivity contribution is 5.82. The van der Waals surface area contributed by atoms with E-state index < -0.39 is 0 Å². The number of rotatable bonds is 7. The second-order valence-electron chi connectivity index (χ2n) is 11.6. The molecule has 0 bridgehead atoms. The van der Waals surface area contributed by atoms with Crippen LogP contribution < -0.4 is 0 Å². The Morgan fingerprint density at radius 1 is 0.865 bits per heavy atom. The zero-order valence-electron chi connectivity index (χ0n) is 22.9. The molecule has 196 valence electrons. The van der Waals surface area contributed by atoms with Crippen molar-refractivity contribution < 1.29 is 9.47 Å². The third kappa shape index (κ3) is 3.83. The molecule has 4 aromatic heterocycles. The summed E-state index contributed by atoms with van der Waals surface area (Å²) in [5.74, 6) is 0.370. The molecule has 3 unspecified atom stereocenters. The fourth-order valence-electron chi connectivity index (χ4n) is 7.57. The van der Waals surface area contributed by atoms with E-state index in [1.807, 2.05) is 32.7 Å². The zero-order valence-corrected chi connectivity index (χ0v) is 22.9. The molecule has 2 aliphatic carbocycles. The van der Waals surface area contributed by atoms with Gasteiger partial charge in [-0.2, -0.15) is 0 Å². The van der Waals surface area contributed by atoms with E-state index in [4.69, 9.17) is 19.4 Å². The zero-order chi connectivity index (χ0) is 25.7. The second kappa shape index (κ2) is 9.55. The first-order valence-electron chi connectivity index (χ1n) is 14.0. The van der Waals surface area contributed by atoms with Gasteiger partial charge in [-0.1, -0.05) is 20.8 Å². The topological polar surface area (TPSA) is 54.1 Å². The number of hydrogen-bond donors (Lipinski definition) is 0. The van der Waals surface area contributed by atoms with Gasteiger partial charge >= 0.3 is 0 Å². The molecular weight excluding hydrogens is 460 g/mol. The lowest BCUT2D eigenvalue weighted by Crippen LogP contribution is -2.38. The van der Waals surface area contributed by atoms with Gasteiger partial charge in [-0.15, -0.1) is 0 Å². The number of nitrogens with zero attached hydrogens (tertiary/aromatic N) is 4. The molecule has 4 aromatic rings. The van der Waals surface area contributed by atoms with Crippen molar-refractivity contribution in [1.29, 1.82) is 0 Å². The lowest BCUT2D eigenvalue weighted by Gasteiger charge is -2.37. The molecule has 6 rings (SSSR count). The highest BCUT2D eigenvalue weighted by atomic mass is 16.5. The Kier molecular flexibility index (Phi) is 6.36. The van der Waals surface area contributed by atoms with Gasteiger partial charge in [-0.05, 0) is 85.3 Å².